The molecule has 1 rings (SSSR count). The van der Waals surface area contributed by atoms with Crippen molar-refractivity contribution in [1.82, 2.24) is 4.72 Å². The lowest BCUT2D eigenvalue weighted by atomic mass is 9.84. The molecule has 90 valence electrons. The van der Waals surface area contributed by atoms with Crippen LogP contribution in [0.2, 0.25) is 0 Å². The standard InChI is InChI=1S/C10H21NO3S/c1-2-10(5-3-4-6-10)9-11-15(13,14)8-7-12/h11-12H,2-9H2,1H3. The van der Waals surface area contributed by atoms with Crippen molar-refractivity contribution in [2.24, 2.45) is 5.41 Å². The van der Waals surface area contributed by atoms with Gasteiger partial charge in [0.25, 0.3) is 0 Å². The second-order valence-electron chi connectivity index (χ2n) is 4.42. The van der Waals surface area contributed by atoms with Gasteiger partial charge in [0.15, 0.2) is 0 Å². The number of aliphatic hydroxyl groups excluding tert-OH is 1. The summed E-state index contributed by atoms with van der Waals surface area (Å²) in [5.41, 5.74) is 0.169. The van der Waals surface area contributed by atoms with Crippen molar-refractivity contribution < 1.29 is 13.5 Å². The van der Waals surface area contributed by atoms with Crippen LogP contribution in [0.4, 0.5) is 0 Å². The molecular weight excluding hydrogens is 214 g/mol. The summed E-state index contributed by atoms with van der Waals surface area (Å²) >= 11 is 0. The average molecular weight is 235 g/mol. The number of sulfonamides is 1. The molecule has 0 heterocycles. The van der Waals surface area contributed by atoms with Crippen molar-refractivity contribution in [2.75, 3.05) is 18.9 Å². The van der Waals surface area contributed by atoms with Gasteiger partial charge in [0.2, 0.25) is 10.0 Å². The molecule has 0 aromatic carbocycles. The summed E-state index contributed by atoms with van der Waals surface area (Å²) in [5, 5.41) is 8.60. The zero-order chi connectivity index (χ0) is 11.4. The fourth-order valence-corrected chi connectivity index (χ4v) is 3.15. The van der Waals surface area contributed by atoms with Crippen LogP contribution < -0.4 is 4.72 Å². The quantitative estimate of drug-likeness (QED) is 0.718. The first-order valence-electron chi connectivity index (χ1n) is 5.62. The molecule has 0 aromatic heterocycles. The minimum Gasteiger partial charge on any atom is -0.395 e. The first kappa shape index (κ1) is 12.9. The Morgan fingerprint density at radius 2 is 1.93 bits per heavy atom. The van der Waals surface area contributed by atoms with Crippen LogP contribution in [0.15, 0.2) is 0 Å². The summed E-state index contributed by atoms with van der Waals surface area (Å²) in [7, 11) is -3.27. The van der Waals surface area contributed by atoms with E-state index in [2.05, 4.69) is 11.6 Å². The van der Waals surface area contributed by atoms with Gasteiger partial charge in [-0.25, -0.2) is 13.1 Å². The Kier molecular flexibility index (Phi) is 4.55. The van der Waals surface area contributed by atoms with E-state index < -0.39 is 10.0 Å². The Hall–Kier alpha value is -0.130. The Bertz CT molecular complexity index is 281. The topological polar surface area (TPSA) is 66.4 Å². The van der Waals surface area contributed by atoms with E-state index in [0.29, 0.717) is 6.54 Å². The lowest BCUT2D eigenvalue weighted by Crippen LogP contribution is -2.37. The first-order chi connectivity index (χ1) is 7.04. The van der Waals surface area contributed by atoms with E-state index in [1.54, 1.807) is 0 Å². The van der Waals surface area contributed by atoms with Crippen molar-refractivity contribution in [3.63, 3.8) is 0 Å². The van der Waals surface area contributed by atoms with E-state index in [1.165, 1.54) is 12.8 Å². The van der Waals surface area contributed by atoms with Crippen LogP contribution in [0.1, 0.15) is 39.0 Å². The molecule has 0 amide bonds. The van der Waals surface area contributed by atoms with Crippen LogP contribution in [0, 0.1) is 5.41 Å². The normalized spacial score (nSPS) is 20.7. The zero-order valence-electron chi connectivity index (χ0n) is 9.33. The summed E-state index contributed by atoms with van der Waals surface area (Å²) in [6.07, 6.45) is 5.66. The van der Waals surface area contributed by atoms with E-state index in [0.717, 1.165) is 19.3 Å². The Morgan fingerprint density at radius 1 is 1.33 bits per heavy atom. The Labute approximate surface area is 92.1 Å². The van der Waals surface area contributed by atoms with Crippen LogP contribution in [-0.2, 0) is 10.0 Å². The largest absolute Gasteiger partial charge is 0.395 e. The zero-order valence-corrected chi connectivity index (χ0v) is 10.1. The maximum atomic E-state index is 11.4. The first-order valence-corrected chi connectivity index (χ1v) is 7.27. The highest BCUT2D eigenvalue weighted by molar-refractivity contribution is 7.89. The van der Waals surface area contributed by atoms with E-state index in [-0.39, 0.29) is 17.8 Å². The molecule has 1 saturated carbocycles. The number of hydrogen-bond acceptors (Lipinski definition) is 3. The van der Waals surface area contributed by atoms with Gasteiger partial charge in [-0.15, -0.1) is 0 Å². The van der Waals surface area contributed by atoms with Crippen LogP contribution in [-0.4, -0.2) is 32.4 Å². The van der Waals surface area contributed by atoms with E-state index in [1.807, 2.05) is 0 Å². The lowest BCUT2D eigenvalue weighted by molar-refractivity contribution is 0.284. The third-order valence-corrected chi connectivity index (χ3v) is 4.75. The van der Waals surface area contributed by atoms with Gasteiger partial charge in [-0.05, 0) is 24.7 Å². The minimum atomic E-state index is -3.27. The third kappa shape index (κ3) is 3.74. The molecule has 0 aliphatic heterocycles. The molecule has 0 aromatic rings. The van der Waals surface area contributed by atoms with Crippen molar-refractivity contribution in [1.29, 1.82) is 0 Å². The molecule has 5 heteroatoms. The summed E-state index contributed by atoms with van der Waals surface area (Å²) < 4.78 is 25.4. The second-order valence-corrected chi connectivity index (χ2v) is 6.35. The number of nitrogens with one attached hydrogen (secondary N) is 1. The maximum Gasteiger partial charge on any atom is 0.213 e. The third-order valence-electron chi connectivity index (χ3n) is 3.44. The highest BCUT2D eigenvalue weighted by atomic mass is 32.2. The highest BCUT2D eigenvalue weighted by Gasteiger charge is 2.32. The molecular formula is C10H21NO3S. The van der Waals surface area contributed by atoms with Crippen molar-refractivity contribution in [3.05, 3.63) is 0 Å². The molecule has 1 aliphatic rings. The fraction of sp³-hybridized carbons (Fsp3) is 1.00. The van der Waals surface area contributed by atoms with Crippen molar-refractivity contribution in [3.8, 4) is 0 Å². The van der Waals surface area contributed by atoms with Gasteiger partial charge < -0.3 is 5.11 Å². The number of aliphatic hydroxyl groups is 1. The van der Waals surface area contributed by atoms with Crippen LogP contribution in [0.5, 0.6) is 0 Å². The summed E-state index contributed by atoms with van der Waals surface area (Å²) in [6.45, 7) is 2.34. The van der Waals surface area contributed by atoms with Crippen LogP contribution in [0.3, 0.4) is 0 Å². The molecule has 2 N–H and O–H groups in total. The molecule has 0 radical (unpaired) electrons. The average Bonchev–Trinajstić information content (AvgIpc) is 2.64. The molecule has 0 spiro atoms. The summed E-state index contributed by atoms with van der Waals surface area (Å²) in [5.74, 6) is -0.188. The molecule has 1 aliphatic carbocycles. The van der Waals surface area contributed by atoms with Gasteiger partial charge in [0.1, 0.15) is 0 Å². The van der Waals surface area contributed by atoms with E-state index in [4.69, 9.17) is 5.11 Å². The minimum absolute atomic E-state index is 0.169. The molecule has 0 atom stereocenters. The van der Waals surface area contributed by atoms with Gasteiger partial charge in [0.05, 0.1) is 12.4 Å². The summed E-state index contributed by atoms with van der Waals surface area (Å²) in [4.78, 5) is 0. The van der Waals surface area contributed by atoms with Gasteiger partial charge in [0, 0.05) is 6.54 Å². The molecule has 4 nitrogen and oxygen atoms in total. The van der Waals surface area contributed by atoms with Gasteiger partial charge >= 0.3 is 0 Å². The molecule has 0 unspecified atom stereocenters. The van der Waals surface area contributed by atoms with Crippen molar-refractivity contribution >= 4 is 10.0 Å². The van der Waals surface area contributed by atoms with Crippen LogP contribution in [0.25, 0.3) is 0 Å². The molecule has 0 saturated heterocycles. The second kappa shape index (κ2) is 5.27. The van der Waals surface area contributed by atoms with Gasteiger partial charge in [-0.3, -0.25) is 0 Å². The predicted molar refractivity (Wildman–Crippen MR) is 60.1 cm³/mol. The molecule has 0 bridgehead atoms. The SMILES string of the molecule is CCC1(CNS(=O)(=O)CCO)CCCC1. The lowest BCUT2D eigenvalue weighted by Gasteiger charge is -2.27. The summed E-state index contributed by atoms with van der Waals surface area (Å²) in [6, 6.07) is 0. The molecule has 1 fully saturated rings. The monoisotopic (exact) mass is 235 g/mol. The Morgan fingerprint density at radius 3 is 2.40 bits per heavy atom. The predicted octanol–water partition coefficient (Wildman–Crippen LogP) is 0.868. The number of rotatable bonds is 6. The van der Waals surface area contributed by atoms with E-state index >= 15 is 0 Å². The molecule has 15 heavy (non-hydrogen) atoms. The highest BCUT2D eigenvalue weighted by Crippen LogP contribution is 2.40. The smallest absolute Gasteiger partial charge is 0.213 e. The van der Waals surface area contributed by atoms with E-state index in [9.17, 15) is 8.42 Å². The van der Waals surface area contributed by atoms with Gasteiger partial charge in [-0.2, -0.15) is 0 Å². The van der Waals surface area contributed by atoms with Crippen LogP contribution >= 0.6 is 0 Å². The van der Waals surface area contributed by atoms with Gasteiger partial charge in [-0.1, -0.05) is 19.8 Å². The fourth-order valence-electron chi connectivity index (χ4n) is 2.24. The van der Waals surface area contributed by atoms with Crippen molar-refractivity contribution in [2.45, 2.75) is 39.0 Å². The maximum absolute atomic E-state index is 11.4. The number of hydrogen-bond donors (Lipinski definition) is 2. The Balaban J connectivity index is 2.47.